The van der Waals surface area contributed by atoms with E-state index in [9.17, 15) is 0 Å². The Kier molecular flexibility index (Phi) is 4.96. The maximum absolute atomic E-state index is 9.16. The van der Waals surface area contributed by atoms with E-state index < -0.39 is 0 Å². The highest BCUT2D eigenvalue weighted by molar-refractivity contribution is 6.02. The van der Waals surface area contributed by atoms with E-state index in [2.05, 4.69) is 36.0 Å². The summed E-state index contributed by atoms with van der Waals surface area (Å²) >= 11 is 0. The Hall–Kier alpha value is -2.32. The van der Waals surface area contributed by atoms with Gasteiger partial charge in [-0.15, -0.1) is 0 Å². The molecule has 2 rings (SSSR count). The van der Waals surface area contributed by atoms with E-state index in [0.29, 0.717) is 31.1 Å². The second-order valence-corrected chi connectivity index (χ2v) is 4.80. The first kappa shape index (κ1) is 15.1. The van der Waals surface area contributed by atoms with E-state index in [1.54, 1.807) is 0 Å². The molecule has 0 aliphatic heterocycles. The van der Waals surface area contributed by atoms with E-state index in [4.69, 9.17) is 15.0 Å². The van der Waals surface area contributed by atoms with Crippen molar-refractivity contribution in [3.05, 3.63) is 58.5 Å². The molecule has 4 heteroatoms. The lowest BCUT2D eigenvalue weighted by Crippen LogP contribution is -2.16. The van der Waals surface area contributed by atoms with Gasteiger partial charge >= 0.3 is 5.71 Å². The molecule has 0 bridgehead atoms. The van der Waals surface area contributed by atoms with E-state index in [1.807, 2.05) is 19.9 Å². The topological polar surface area (TPSA) is 54.9 Å². The molecular formula is C17H20N2O2. The first-order valence-corrected chi connectivity index (χ1v) is 7.18. The molecule has 110 valence electrons. The van der Waals surface area contributed by atoms with Gasteiger partial charge in [-0.2, -0.15) is 4.79 Å². The van der Waals surface area contributed by atoms with Gasteiger partial charge in [0.05, 0.1) is 13.2 Å². The summed E-state index contributed by atoms with van der Waals surface area (Å²) in [5.41, 5.74) is 12.9. The monoisotopic (exact) mass is 284 g/mol. The van der Waals surface area contributed by atoms with Crippen molar-refractivity contribution in [3.63, 3.8) is 0 Å². The minimum atomic E-state index is 0.430. The fraction of sp³-hybridized carbons (Fsp3) is 0.353. The van der Waals surface area contributed by atoms with Crippen LogP contribution in [-0.4, -0.2) is 23.7 Å². The van der Waals surface area contributed by atoms with Crippen LogP contribution in [-0.2, 0) is 9.47 Å². The fourth-order valence-electron chi connectivity index (χ4n) is 2.27. The maximum atomic E-state index is 9.16. The molecule has 0 unspecified atom stereocenters. The lowest BCUT2D eigenvalue weighted by molar-refractivity contribution is -0.0132. The first-order valence-electron chi connectivity index (χ1n) is 7.18. The summed E-state index contributed by atoms with van der Waals surface area (Å²) < 4.78 is 11.3. The highest BCUT2D eigenvalue weighted by atomic mass is 16.5. The number of nitrogens with zero attached hydrogens (tertiary/aromatic N) is 2. The summed E-state index contributed by atoms with van der Waals surface area (Å²) in [5, 5.41) is 0. The summed E-state index contributed by atoms with van der Waals surface area (Å²) in [6.45, 7) is 7.00. The molecular weight excluding hydrogens is 264 g/mol. The summed E-state index contributed by atoms with van der Waals surface area (Å²) in [5.74, 6) is 1.40. The molecule has 0 radical (unpaired) electrons. The maximum Gasteiger partial charge on any atom is 0.340 e. The second kappa shape index (κ2) is 6.91. The Morgan fingerprint density at radius 1 is 1.10 bits per heavy atom. The number of rotatable bonds is 5. The van der Waals surface area contributed by atoms with Gasteiger partial charge in [0.2, 0.25) is 5.76 Å². The largest absolute Gasteiger partial charge is 0.497 e. The third kappa shape index (κ3) is 3.41. The number of ether oxygens (including phenoxy) is 2. The Bertz CT molecular complexity index is 621. The van der Waals surface area contributed by atoms with Crippen molar-refractivity contribution in [1.29, 1.82) is 0 Å². The van der Waals surface area contributed by atoms with Gasteiger partial charge in [0.25, 0.3) is 0 Å². The third-order valence-corrected chi connectivity index (χ3v) is 3.29. The molecule has 0 spiro atoms. The van der Waals surface area contributed by atoms with Crippen LogP contribution in [0.5, 0.6) is 0 Å². The number of benzene rings is 1. The van der Waals surface area contributed by atoms with Gasteiger partial charge in [-0.1, -0.05) is 29.8 Å². The van der Waals surface area contributed by atoms with Crippen LogP contribution in [0.3, 0.4) is 0 Å². The number of hydrogen-bond donors (Lipinski definition) is 0. The predicted molar refractivity (Wildman–Crippen MR) is 82.7 cm³/mol. The van der Waals surface area contributed by atoms with Gasteiger partial charge in [0.15, 0.2) is 0 Å². The van der Waals surface area contributed by atoms with Crippen molar-refractivity contribution < 1.29 is 14.3 Å². The van der Waals surface area contributed by atoms with Crippen LogP contribution in [0.1, 0.15) is 31.4 Å². The summed E-state index contributed by atoms with van der Waals surface area (Å²) in [4.78, 5) is 3.33. The molecule has 21 heavy (non-hydrogen) atoms. The zero-order chi connectivity index (χ0) is 15.2. The lowest BCUT2D eigenvalue weighted by Gasteiger charge is -2.18. The van der Waals surface area contributed by atoms with Gasteiger partial charge in [0, 0.05) is 5.57 Å². The average molecular weight is 284 g/mol. The molecule has 1 aromatic carbocycles. The molecule has 1 aromatic rings. The van der Waals surface area contributed by atoms with Crippen LogP contribution in [0.4, 0.5) is 0 Å². The SMILES string of the molecule is CCOC1=CC(c2ccc(C)cc2)=C(OCC)CC1=[N+]=[N-]. The van der Waals surface area contributed by atoms with E-state index >= 15 is 0 Å². The second-order valence-electron chi connectivity index (χ2n) is 4.80. The molecule has 1 aliphatic carbocycles. The Labute approximate surface area is 125 Å². The molecule has 0 saturated carbocycles. The van der Waals surface area contributed by atoms with E-state index in [-0.39, 0.29) is 0 Å². The normalized spacial score (nSPS) is 14.6. The summed E-state index contributed by atoms with van der Waals surface area (Å²) in [6.07, 6.45) is 2.32. The molecule has 0 aromatic heterocycles. The highest BCUT2D eigenvalue weighted by Gasteiger charge is 2.28. The van der Waals surface area contributed by atoms with Crippen LogP contribution in [0.15, 0.2) is 41.9 Å². The van der Waals surface area contributed by atoms with Crippen molar-refractivity contribution in [1.82, 2.24) is 0 Å². The smallest absolute Gasteiger partial charge is 0.340 e. The average Bonchev–Trinajstić information content (AvgIpc) is 2.50. The Morgan fingerprint density at radius 3 is 2.33 bits per heavy atom. The molecule has 0 atom stereocenters. The molecule has 0 N–H and O–H groups in total. The lowest BCUT2D eigenvalue weighted by atomic mass is 9.95. The Morgan fingerprint density at radius 2 is 1.76 bits per heavy atom. The molecule has 0 heterocycles. The van der Waals surface area contributed by atoms with Gasteiger partial charge in [0.1, 0.15) is 12.2 Å². The fourth-order valence-corrected chi connectivity index (χ4v) is 2.27. The van der Waals surface area contributed by atoms with Gasteiger partial charge in [-0.25, -0.2) is 0 Å². The standard InChI is InChI=1S/C17H20N2O2/c1-4-20-16-11-15(19-18)17(21-5-2)10-14(16)13-8-6-12(3)7-9-13/h6-10H,4-5,11H2,1-3H3. The van der Waals surface area contributed by atoms with Crippen molar-refractivity contribution >= 4 is 11.3 Å². The minimum Gasteiger partial charge on any atom is -0.497 e. The van der Waals surface area contributed by atoms with Crippen LogP contribution in [0, 0.1) is 6.92 Å². The molecule has 4 nitrogen and oxygen atoms in total. The predicted octanol–water partition coefficient (Wildman–Crippen LogP) is 3.74. The van der Waals surface area contributed by atoms with Crippen LogP contribution >= 0.6 is 0 Å². The number of allylic oxidation sites excluding steroid dienone is 4. The van der Waals surface area contributed by atoms with Crippen molar-refractivity contribution in [2.75, 3.05) is 13.2 Å². The van der Waals surface area contributed by atoms with Crippen LogP contribution in [0.2, 0.25) is 0 Å². The third-order valence-electron chi connectivity index (χ3n) is 3.29. The molecule has 0 saturated heterocycles. The van der Waals surface area contributed by atoms with E-state index in [1.165, 1.54) is 5.56 Å². The summed E-state index contributed by atoms with van der Waals surface area (Å²) in [7, 11) is 0. The highest BCUT2D eigenvalue weighted by Crippen LogP contribution is 2.30. The first-order chi connectivity index (χ1) is 10.2. The zero-order valence-corrected chi connectivity index (χ0v) is 12.7. The van der Waals surface area contributed by atoms with Crippen LogP contribution < -0.4 is 0 Å². The zero-order valence-electron chi connectivity index (χ0n) is 12.7. The van der Waals surface area contributed by atoms with Gasteiger partial charge < -0.3 is 15.0 Å². The quantitative estimate of drug-likeness (QED) is 0.611. The number of hydrogen-bond acceptors (Lipinski definition) is 2. The molecule has 0 fully saturated rings. The minimum absolute atomic E-state index is 0.430. The van der Waals surface area contributed by atoms with Gasteiger partial charge in [-0.05, 0) is 32.4 Å². The molecule has 1 aliphatic rings. The summed E-state index contributed by atoms with van der Waals surface area (Å²) in [6, 6.07) is 8.25. The van der Waals surface area contributed by atoms with Crippen molar-refractivity contribution in [2.24, 2.45) is 0 Å². The number of aryl methyl sites for hydroxylation is 1. The Balaban J connectivity index is 2.50. The van der Waals surface area contributed by atoms with Crippen molar-refractivity contribution in [2.45, 2.75) is 27.2 Å². The van der Waals surface area contributed by atoms with Crippen LogP contribution in [0.25, 0.3) is 11.1 Å². The van der Waals surface area contributed by atoms with Gasteiger partial charge in [-0.3, -0.25) is 0 Å². The van der Waals surface area contributed by atoms with Crippen molar-refractivity contribution in [3.8, 4) is 0 Å². The molecule has 0 amide bonds. The van der Waals surface area contributed by atoms with E-state index in [0.717, 1.165) is 16.9 Å².